The fourth-order valence-corrected chi connectivity index (χ4v) is 2.68. The van der Waals surface area contributed by atoms with Crippen molar-refractivity contribution in [2.24, 2.45) is 0 Å². The summed E-state index contributed by atoms with van der Waals surface area (Å²) in [6.07, 6.45) is 1.80. The number of hydrogen-bond donors (Lipinski definition) is 1. The van der Waals surface area contributed by atoms with Crippen molar-refractivity contribution >= 4 is 33.7 Å². The van der Waals surface area contributed by atoms with Crippen molar-refractivity contribution in [2.45, 2.75) is 16.3 Å². The van der Waals surface area contributed by atoms with Crippen LogP contribution >= 0.6 is 27.7 Å². The smallest absolute Gasteiger partial charge is 0.307 e. The summed E-state index contributed by atoms with van der Waals surface area (Å²) in [6.45, 7) is 0. The summed E-state index contributed by atoms with van der Waals surface area (Å²) in [7, 11) is 0. The molecule has 2 aromatic rings. The average Bonchev–Trinajstić information content (AvgIpc) is 2.34. The van der Waals surface area contributed by atoms with E-state index in [-0.39, 0.29) is 6.42 Å². The molecule has 0 radical (unpaired) electrons. The lowest BCUT2D eigenvalue weighted by molar-refractivity contribution is -0.136. The molecule has 2 rings (SSSR count). The highest BCUT2D eigenvalue weighted by Gasteiger charge is 2.04. The normalized spacial score (nSPS) is 10.3. The molecule has 0 bridgehead atoms. The van der Waals surface area contributed by atoms with E-state index in [9.17, 15) is 4.79 Å². The number of pyridine rings is 1. The van der Waals surface area contributed by atoms with E-state index in [1.165, 1.54) is 11.8 Å². The SMILES string of the molecule is O=C(O)Cc1ccc(Sc2ncccc2Br)cc1. The Kier molecular flexibility index (Phi) is 4.38. The number of carboxylic acids is 1. The summed E-state index contributed by atoms with van der Waals surface area (Å²) >= 11 is 4.98. The molecule has 1 heterocycles. The summed E-state index contributed by atoms with van der Waals surface area (Å²) in [5, 5.41) is 9.58. The zero-order chi connectivity index (χ0) is 13.0. The van der Waals surface area contributed by atoms with Gasteiger partial charge in [0.05, 0.1) is 10.9 Å². The zero-order valence-electron chi connectivity index (χ0n) is 9.34. The monoisotopic (exact) mass is 323 g/mol. The standard InChI is InChI=1S/C13H10BrNO2S/c14-11-2-1-7-15-13(11)18-10-5-3-9(4-6-10)8-12(16)17/h1-7H,8H2,(H,16,17). The largest absolute Gasteiger partial charge is 0.481 e. The predicted molar refractivity (Wildman–Crippen MR) is 73.8 cm³/mol. The lowest BCUT2D eigenvalue weighted by Crippen LogP contribution is -1.99. The number of aromatic nitrogens is 1. The van der Waals surface area contributed by atoms with Gasteiger partial charge in [0.2, 0.25) is 0 Å². The van der Waals surface area contributed by atoms with Gasteiger partial charge in [0.15, 0.2) is 0 Å². The van der Waals surface area contributed by atoms with E-state index < -0.39 is 5.97 Å². The number of rotatable bonds is 4. The molecule has 0 aliphatic heterocycles. The number of aliphatic carboxylic acids is 1. The first-order chi connectivity index (χ1) is 8.65. The Morgan fingerprint density at radius 3 is 2.61 bits per heavy atom. The van der Waals surface area contributed by atoms with Crippen LogP contribution in [0.5, 0.6) is 0 Å². The van der Waals surface area contributed by atoms with Crippen molar-refractivity contribution in [1.29, 1.82) is 0 Å². The minimum Gasteiger partial charge on any atom is -0.481 e. The van der Waals surface area contributed by atoms with Crippen molar-refractivity contribution in [3.05, 3.63) is 52.6 Å². The van der Waals surface area contributed by atoms with Gasteiger partial charge in [-0.05, 0) is 45.8 Å². The predicted octanol–water partition coefficient (Wildman–Crippen LogP) is 3.62. The van der Waals surface area contributed by atoms with Crippen molar-refractivity contribution in [3.8, 4) is 0 Å². The Morgan fingerprint density at radius 1 is 1.28 bits per heavy atom. The van der Waals surface area contributed by atoms with Crippen molar-refractivity contribution < 1.29 is 9.90 Å². The maximum absolute atomic E-state index is 10.6. The molecule has 3 nitrogen and oxygen atoms in total. The molecule has 0 saturated carbocycles. The quantitative estimate of drug-likeness (QED) is 0.933. The molecule has 5 heteroatoms. The Labute approximate surface area is 117 Å². The van der Waals surface area contributed by atoms with Crippen molar-refractivity contribution in [2.75, 3.05) is 0 Å². The molecule has 0 atom stereocenters. The van der Waals surface area contributed by atoms with E-state index in [0.29, 0.717) is 0 Å². The first-order valence-electron chi connectivity index (χ1n) is 5.24. The zero-order valence-corrected chi connectivity index (χ0v) is 11.7. The van der Waals surface area contributed by atoms with E-state index in [1.54, 1.807) is 6.20 Å². The summed E-state index contributed by atoms with van der Waals surface area (Å²) < 4.78 is 0.949. The molecule has 0 aliphatic carbocycles. The van der Waals surface area contributed by atoms with Gasteiger partial charge in [-0.2, -0.15) is 0 Å². The molecular formula is C13H10BrNO2S. The van der Waals surface area contributed by atoms with Gasteiger partial charge in [0.25, 0.3) is 0 Å². The molecule has 92 valence electrons. The fourth-order valence-electron chi connectivity index (χ4n) is 1.41. The summed E-state index contributed by atoms with van der Waals surface area (Å²) in [4.78, 5) is 15.9. The van der Waals surface area contributed by atoms with Crippen LogP contribution in [-0.4, -0.2) is 16.1 Å². The fraction of sp³-hybridized carbons (Fsp3) is 0.0769. The van der Waals surface area contributed by atoms with Gasteiger partial charge in [-0.25, -0.2) is 4.98 Å². The van der Waals surface area contributed by atoms with Gasteiger partial charge >= 0.3 is 5.97 Å². The summed E-state index contributed by atoms with van der Waals surface area (Å²) in [5.41, 5.74) is 0.798. The maximum Gasteiger partial charge on any atom is 0.307 e. The summed E-state index contributed by atoms with van der Waals surface area (Å²) in [5.74, 6) is -0.817. The second-order valence-corrected chi connectivity index (χ2v) is 5.52. The Bertz CT molecular complexity index is 557. The third-order valence-corrected chi connectivity index (χ3v) is 4.15. The van der Waals surface area contributed by atoms with E-state index in [0.717, 1.165) is 20.0 Å². The molecule has 1 aromatic carbocycles. The number of benzene rings is 1. The average molecular weight is 324 g/mol. The van der Waals surface area contributed by atoms with Gasteiger partial charge in [-0.3, -0.25) is 4.79 Å². The molecular weight excluding hydrogens is 314 g/mol. The molecule has 1 aromatic heterocycles. The highest BCUT2D eigenvalue weighted by molar-refractivity contribution is 9.10. The topological polar surface area (TPSA) is 50.2 Å². The molecule has 1 N–H and O–H groups in total. The Balaban J connectivity index is 2.11. The molecule has 18 heavy (non-hydrogen) atoms. The molecule has 0 spiro atoms. The lowest BCUT2D eigenvalue weighted by atomic mass is 10.2. The van der Waals surface area contributed by atoms with Crippen molar-refractivity contribution in [1.82, 2.24) is 4.98 Å². The Morgan fingerprint density at radius 2 is 2.00 bits per heavy atom. The van der Waals surface area contributed by atoms with Gasteiger partial charge in [-0.15, -0.1) is 0 Å². The van der Waals surface area contributed by atoms with E-state index in [2.05, 4.69) is 20.9 Å². The third kappa shape index (κ3) is 3.58. The van der Waals surface area contributed by atoms with Crippen LogP contribution in [0.15, 0.2) is 57.0 Å². The molecule has 0 fully saturated rings. The molecule has 0 unspecified atom stereocenters. The number of hydrogen-bond acceptors (Lipinski definition) is 3. The minimum atomic E-state index is -0.817. The lowest BCUT2D eigenvalue weighted by Gasteiger charge is -2.03. The first kappa shape index (κ1) is 13.1. The number of nitrogens with zero attached hydrogens (tertiary/aromatic N) is 1. The number of halogens is 1. The van der Waals surface area contributed by atoms with E-state index in [1.807, 2.05) is 36.4 Å². The van der Waals surface area contributed by atoms with Crippen LogP contribution in [0.1, 0.15) is 5.56 Å². The van der Waals surface area contributed by atoms with Crippen LogP contribution in [0.25, 0.3) is 0 Å². The van der Waals surface area contributed by atoms with Crippen LogP contribution in [0, 0.1) is 0 Å². The van der Waals surface area contributed by atoms with E-state index in [4.69, 9.17) is 5.11 Å². The van der Waals surface area contributed by atoms with Crippen LogP contribution in [0.3, 0.4) is 0 Å². The van der Waals surface area contributed by atoms with Crippen LogP contribution in [0.2, 0.25) is 0 Å². The molecule has 0 amide bonds. The number of carbonyl (C=O) groups is 1. The van der Waals surface area contributed by atoms with E-state index >= 15 is 0 Å². The second kappa shape index (κ2) is 6.02. The van der Waals surface area contributed by atoms with Gasteiger partial charge in [0.1, 0.15) is 5.03 Å². The Hall–Kier alpha value is -1.33. The van der Waals surface area contributed by atoms with Crippen LogP contribution in [0.4, 0.5) is 0 Å². The first-order valence-corrected chi connectivity index (χ1v) is 6.85. The maximum atomic E-state index is 10.6. The molecule has 0 aliphatic rings. The van der Waals surface area contributed by atoms with Gasteiger partial charge in [0, 0.05) is 11.1 Å². The van der Waals surface area contributed by atoms with Crippen LogP contribution in [-0.2, 0) is 11.2 Å². The number of carboxylic acid groups (broad SMARTS) is 1. The molecule has 0 saturated heterocycles. The van der Waals surface area contributed by atoms with Gasteiger partial charge < -0.3 is 5.11 Å². The van der Waals surface area contributed by atoms with Crippen molar-refractivity contribution in [3.63, 3.8) is 0 Å². The highest BCUT2D eigenvalue weighted by Crippen LogP contribution is 2.31. The highest BCUT2D eigenvalue weighted by atomic mass is 79.9. The third-order valence-electron chi connectivity index (χ3n) is 2.22. The van der Waals surface area contributed by atoms with Gasteiger partial charge in [-0.1, -0.05) is 23.9 Å². The minimum absolute atomic E-state index is 0.0538. The summed E-state index contributed by atoms with van der Waals surface area (Å²) in [6, 6.07) is 11.3. The second-order valence-electron chi connectivity index (χ2n) is 3.61. The van der Waals surface area contributed by atoms with Crippen LogP contribution < -0.4 is 0 Å².